The van der Waals surface area contributed by atoms with Crippen molar-refractivity contribution in [2.75, 3.05) is 32.1 Å². The van der Waals surface area contributed by atoms with Crippen LogP contribution in [0.25, 0.3) is 0 Å². The second-order valence-electron chi connectivity index (χ2n) is 8.85. The Morgan fingerprint density at radius 1 is 0.923 bits per heavy atom. The van der Waals surface area contributed by atoms with Crippen LogP contribution in [0.5, 0.6) is 11.5 Å². The minimum atomic E-state index is -4.23. The van der Waals surface area contributed by atoms with E-state index >= 15 is 0 Å². The number of nitrogens with one attached hydrogen (secondary N) is 1. The SMILES string of the molecule is CC[C@@H](C(=O)NC)N(Cc1ccccc1C)C(=O)CN(c1ccccc1OC)S(=O)(=O)c1ccc(OC)cc1. The molecule has 208 valence electrons. The van der Waals surface area contributed by atoms with Crippen LogP contribution in [0.1, 0.15) is 24.5 Å². The number of hydrogen-bond donors (Lipinski definition) is 1. The van der Waals surface area contributed by atoms with Gasteiger partial charge in [0, 0.05) is 13.6 Å². The molecule has 0 bridgehead atoms. The highest BCUT2D eigenvalue weighted by molar-refractivity contribution is 7.92. The number of sulfonamides is 1. The van der Waals surface area contributed by atoms with E-state index in [-0.39, 0.29) is 28.8 Å². The van der Waals surface area contributed by atoms with Crippen LogP contribution in [0.15, 0.2) is 77.7 Å². The second kappa shape index (κ2) is 13.1. The highest BCUT2D eigenvalue weighted by Gasteiger charge is 2.34. The smallest absolute Gasteiger partial charge is 0.264 e. The fraction of sp³-hybridized carbons (Fsp3) is 0.310. The van der Waals surface area contributed by atoms with Gasteiger partial charge < -0.3 is 19.7 Å². The van der Waals surface area contributed by atoms with Crippen molar-refractivity contribution in [3.05, 3.63) is 83.9 Å². The van der Waals surface area contributed by atoms with Crippen LogP contribution < -0.4 is 19.1 Å². The van der Waals surface area contributed by atoms with E-state index in [1.807, 2.05) is 38.1 Å². The van der Waals surface area contributed by atoms with Gasteiger partial charge in [-0.15, -0.1) is 0 Å². The molecule has 0 aliphatic heterocycles. The second-order valence-corrected chi connectivity index (χ2v) is 10.7. The number of carbonyl (C=O) groups is 2. The van der Waals surface area contributed by atoms with Crippen molar-refractivity contribution in [3.8, 4) is 11.5 Å². The van der Waals surface area contributed by atoms with E-state index in [4.69, 9.17) is 9.47 Å². The maximum atomic E-state index is 14.0. The Bertz CT molecular complexity index is 1390. The maximum Gasteiger partial charge on any atom is 0.264 e. The Hall–Kier alpha value is -4.05. The van der Waals surface area contributed by atoms with Crippen LogP contribution in [0.4, 0.5) is 5.69 Å². The molecule has 0 fully saturated rings. The van der Waals surface area contributed by atoms with E-state index in [0.29, 0.717) is 12.2 Å². The van der Waals surface area contributed by atoms with E-state index in [1.165, 1.54) is 50.4 Å². The molecule has 3 aromatic rings. The topological polar surface area (TPSA) is 105 Å². The lowest BCUT2D eigenvalue weighted by atomic mass is 10.1. The summed E-state index contributed by atoms with van der Waals surface area (Å²) in [6, 6.07) is 19.3. The molecule has 9 nitrogen and oxygen atoms in total. The number of amides is 2. The maximum absolute atomic E-state index is 14.0. The van der Waals surface area contributed by atoms with Crippen LogP contribution in [0, 0.1) is 6.92 Å². The number of aryl methyl sites for hydroxylation is 1. The molecule has 0 aromatic heterocycles. The Morgan fingerprint density at radius 3 is 2.15 bits per heavy atom. The molecule has 0 spiro atoms. The summed E-state index contributed by atoms with van der Waals surface area (Å²) in [7, 11) is 0.202. The van der Waals surface area contributed by atoms with Gasteiger partial charge in [-0.1, -0.05) is 43.3 Å². The number of hydrogen-bond acceptors (Lipinski definition) is 6. The van der Waals surface area contributed by atoms with E-state index < -0.39 is 28.5 Å². The van der Waals surface area contributed by atoms with E-state index in [1.54, 1.807) is 24.3 Å². The minimum Gasteiger partial charge on any atom is -0.497 e. The molecule has 0 radical (unpaired) electrons. The quantitative estimate of drug-likeness (QED) is 0.366. The number of carbonyl (C=O) groups excluding carboxylic acids is 2. The van der Waals surface area contributed by atoms with Crippen LogP contribution in [0.2, 0.25) is 0 Å². The molecule has 0 saturated carbocycles. The van der Waals surface area contributed by atoms with Gasteiger partial charge in [-0.05, 0) is 60.9 Å². The molecular formula is C29H35N3O6S. The van der Waals surface area contributed by atoms with Crippen molar-refractivity contribution in [2.45, 2.75) is 37.8 Å². The first-order chi connectivity index (χ1) is 18.7. The van der Waals surface area contributed by atoms with Crippen molar-refractivity contribution in [2.24, 2.45) is 0 Å². The van der Waals surface area contributed by atoms with Crippen LogP contribution >= 0.6 is 0 Å². The molecule has 0 heterocycles. The monoisotopic (exact) mass is 553 g/mol. The van der Waals surface area contributed by atoms with E-state index in [9.17, 15) is 18.0 Å². The van der Waals surface area contributed by atoms with Crippen molar-refractivity contribution in [1.82, 2.24) is 10.2 Å². The largest absolute Gasteiger partial charge is 0.497 e. The third kappa shape index (κ3) is 6.69. The molecule has 1 atom stereocenters. The standard InChI is InChI=1S/C29H35N3O6S/c1-6-25(29(34)30-3)31(19-22-12-8-7-11-21(22)2)28(33)20-32(26-13-9-10-14-27(26)38-5)39(35,36)24-17-15-23(37-4)16-18-24/h7-18,25H,6,19-20H2,1-5H3,(H,30,34)/t25-/m0/s1. The highest BCUT2D eigenvalue weighted by Crippen LogP contribution is 2.33. The molecule has 3 aromatic carbocycles. The molecule has 2 amide bonds. The molecule has 3 rings (SSSR count). The third-order valence-electron chi connectivity index (χ3n) is 6.51. The fourth-order valence-corrected chi connectivity index (χ4v) is 5.71. The first-order valence-electron chi connectivity index (χ1n) is 12.5. The zero-order valence-corrected chi connectivity index (χ0v) is 23.7. The Labute approximate surface area is 230 Å². The highest BCUT2D eigenvalue weighted by atomic mass is 32.2. The summed E-state index contributed by atoms with van der Waals surface area (Å²) in [5, 5.41) is 2.63. The van der Waals surface area contributed by atoms with Gasteiger partial charge in [0.2, 0.25) is 11.8 Å². The Morgan fingerprint density at radius 2 is 1.56 bits per heavy atom. The predicted octanol–water partition coefficient (Wildman–Crippen LogP) is 3.76. The number of ether oxygens (including phenoxy) is 2. The van der Waals surface area contributed by atoms with Crippen molar-refractivity contribution in [1.29, 1.82) is 0 Å². The lowest BCUT2D eigenvalue weighted by molar-refractivity contribution is -0.140. The van der Waals surface area contributed by atoms with Crippen LogP contribution in [0.3, 0.4) is 0 Å². The molecule has 0 aliphatic carbocycles. The number of benzene rings is 3. The third-order valence-corrected chi connectivity index (χ3v) is 8.29. The summed E-state index contributed by atoms with van der Waals surface area (Å²) in [4.78, 5) is 28.3. The van der Waals surface area contributed by atoms with E-state index in [0.717, 1.165) is 15.4 Å². The predicted molar refractivity (Wildman–Crippen MR) is 150 cm³/mol. The molecule has 0 aliphatic rings. The zero-order chi connectivity index (χ0) is 28.6. The number of para-hydroxylation sites is 2. The average Bonchev–Trinajstić information content (AvgIpc) is 2.96. The van der Waals surface area contributed by atoms with Gasteiger partial charge in [-0.2, -0.15) is 0 Å². The van der Waals surface area contributed by atoms with Crippen molar-refractivity contribution < 1.29 is 27.5 Å². The zero-order valence-electron chi connectivity index (χ0n) is 22.9. The number of anilines is 1. The number of likely N-dealkylation sites (N-methyl/N-ethyl adjacent to an activating group) is 1. The minimum absolute atomic E-state index is 0.0224. The van der Waals surface area contributed by atoms with Gasteiger partial charge in [0.25, 0.3) is 10.0 Å². The lowest BCUT2D eigenvalue weighted by Gasteiger charge is -2.33. The first-order valence-corrected chi connectivity index (χ1v) is 14.0. The number of nitrogens with zero attached hydrogens (tertiary/aromatic N) is 2. The number of methoxy groups -OCH3 is 2. The summed E-state index contributed by atoms with van der Waals surface area (Å²) in [5.41, 5.74) is 2.01. The van der Waals surface area contributed by atoms with E-state index in [2.05, 4.69) is 5.32 Å². The Kier molecular flexibility index (Phi) is 9.95. The van der Waals surface area contributed by atoms with Gasteiger partial charge in [-0.3, -0.25) is 13.9 Å². The summed E-state index contributed by atoms with van der Waals surface area (Å²) < 4.78 is 39.6. The molecule has 0 unspecified atom stereocenters. The normalized spacial score (nSPS) is 11.8. The van der Waals surface area contributed by atoms with Crippen LogP contribution in [-0.2, 0) is 26.2 Å². The Balaban J connectivity index is 2.11. The van der Waals surface area contributed by atoms with Gasteiger partial charge in [0.15, 0.2) is 0 Å². The molecule has 39 heavy (non-hydrogen) atoms. The molecular weight excluding hydrogens is 518 g/mol. The summed E-state index contributed by atoms with van der Waals surface area (Å²) >= 11 is 0. The lowest BCUT2D eigenvalue weighted by Crippen LogP contribution is -2.51. The molecule has 0 saturated heterocycles. The van der Waals surface area contributed by atoms with Gasteiger partial charge in [0.1, 0.15) is 24.1 Å². The van der Waals surface area contributed by atoms with Crippen LogP contribution in [-0.4, -0.2) is 59.0 Å². The first kappa shape index (κ1) is 29.5. The van der Waals surface area contributed by atoms with Gasteiger partial charge >= 0.3 is 0 Å². The fourth-order valence-electron chi connectivity index (χ4n) is 4.28. The van der Waals surface area contributed by atoms with Crippen molar-refractivity contribution >= 4 is 27.5 Å². The summed E-state index contributed by atoms with van der Waals surface area (Å²) in [6.07, 6.45) is 0.344. The van der Waals surface area contributed by atoms with Gasteiger partial charge in [-0.25, -0.2) is 8.42 Å². The molecule has 10 heteroatoms. The number of rotatable bonds is 12. The average molecular weight is 554 g/mol. The molecule has 1 N–H and O–H groups in total. The van der Waals surface area contributed by atoms with Crippen molar-refractivity contribution in [3.63, 3.8) is 0 Å². The summed E-state index contributed by atoms with van der Waals surface area (Å²) in [6.45, 7) is 3.33. The van der Waals surface area contributed by atoms with Gasteiger partial charge in [0.05, 0.1) is 24.8 Å². The summed E-state index contributed by atoms with van der Waals surface area (Å²) in [5.74, 6) is -0.0844.